The zero-order chi connectivity index (χ0) is 15.0. The molecule has 0 bridgehead atoms. The number of rotatable bonds is 9. The second kappa shape index (κ2) is 8.46. The number of hydrogen-bond acceptors (Lipinski definition) is 3. The summed E-state index contributed by atoms with van der Waals surface area (Å²) in [6.07, 6.45) is 3.99. The Balaban J connectivity index is 2.96. The van der Waals surface area contributed by atoms with Crippen LogP contribution in [0, 0.1) is 6.92 Å². The van der Waals surface area contributed by atoms with Gasteiger partial charge in [0.05, 0.1) is 18.8 Å². The van der Waals surface area contributed by atoms with Crippen molar-refractivity contribution >= 4 is 5.97 Å². The van der Waals surface area contributed by atoms with Gasteiger partial charge >= 0.3 is 5.97 Å². The van der Waals surface area contributed by atoms with Crippen LogP contribution in [0.25, 0.3) is 0 Å². The Hall–Kier alpha value is -1.71. The number of ether oxygens (including phenoxy) is 2. The first-order chi connectivity index (χ1) is 9.61. The number of hydrogen-bond donors (Lipinski definition) is 1. The normalized spacial score (nSPS) is 10.3. The van der Waals surface area contributed by atoms with E-state index in [-0.39, 0.29) is 5.56 Å². The molecule has 0 unspecified atom stereocenters. The maximum absolute atomic E-state index is 11.2. The lowest BCUT2D eigenvalue weighted by atomic mass is 10.1. The van der Waals surface area contributed by atoms with Crippen LogP contribution in [0.3, 0.4) is 0 Å². The van der Waals surface area contributed by atoms with Gasteiger partial charge < -0.3 is 14.6 Å². The summed E-state index contributed by atoms with van der Waals surface area (Å²) in [7, 11) is 0. The van der Waals surface area contributed by atoms with Crippen molar-refractivity contribution < 1.29 is 19.4 Å². The fourth-order valence-corrected chi connectivity index (χ4v) is 1.84. The van der Waals surface area contributed by atoms with Gasteiger partial charge in [0, 0.05) is 5.56 Å². The van der Waals surface area contributed by atoms with Crippen molar-refractivity contribution in [1.29, 1.82) is 0 Å². The molecule has 4 heteroatoms. The van der Waals surface area contributed by atoms with E-state index >= 15 is 0 Å². The van der Waals surface area contributed by atoms with Gasteiger partial charge in [-0.3, -0.25) is 0 Å². The lowest BCUT2D eigenvalue weighted by molar-refractivity contribution is 0.0695. The Morgan fingerprint density at radius 1 is 1.10 bits per heavy atom. The highest BCUT2D eigenvalue weighted by Gasteiger charge is 2.16. The highest BCUT2D eigenvalue weighted by molar-refractivity contribution is 5.90. The van der Waals surface area contributed by atoms with Crippen molar-refractivity contribution in [2.45, 2.75) is 46.5 Å². The van der Waals surface area contributed by atoms with E-state index in [0.717, 1.165) is 25.7 Å². The third-order valence-corrected chi connectivity index (χ3v) is 3.10. The Morgan fingerprint density at radius 2 is 1.70 bits per heavy atom. The fourth-order valence-electron chi connectivity index (χ4n) is 1.84. The molecule has 0 saturated carbocycles. The molecule has 0 atom stereocenters. The molecule has 0 aromatic heterocycles. The van der Waals surface area contributed by atoms with Crippen LogP contribution in [0.4, 0.5) is 0 Å². The molecule has 0 heterocycles. The summed E-state index contributed by atoms with van der Waals surface area (Å²) < 4.78 is 11.4. The average molecular weight is 280 g/mol. The lowest BCUT2D eigenvalue weighted by Crippen LogP contribution is -2.07. The molecule has 4 nitrogen and oxygen atoms in total. The van der Waals surface area contributed by atoms with Gasteiger partial charge in [0.1, 0.15) is 0 Å². The Morgan fingerprint density at radius 3 is 2.25 bits per heavy atom. The summed E-state index contributed by atoms with van der Waals surface area (Å²) >= 11 is 0. The molecule has 0 amide bonds. The van der Waals surface area contributed by atoms with Crippen LogP contribution in [0.2, 0.25) is 0 Å². The number of carboxylic acids is 1. The molecule has 1 rings (SSSR count). The van der Waals surface area contributed by atoms with Gasteiger partial charge in [0.2, 0.25) is 0 Å². The molecule has 0 fully saturated rings. The standard InChI is InChI=1S/C16H24O4/c1-4-6-10-19-14-9-8-13(16(17)18)12(3)15(14)20-11-7-5-2/h8-9H,4-7,10-11H2,1-3H3,(H,17,18). The quantitative estimate of drug-likeness (QED) is 0.693. The number of carboxylic acid groups (broad SMARTS) is 1. The largest absolute Gasteiger partial charge is 0.490 e. The molecule has 1 N–H and O–H groups in total. The number of unbranched alkanes of at least 4 members (excludes halogenated alkanes) is 2. The predicted octanol–water partition coefficient (Wildman–Crippen LogP) is 4.05. The zero-order valence-electron chi connectivity index (χ0n) is 12.6. The first-order valence-corrected chi connectivity index (χ1v) is 7.24. The van der Waals surface area contributed by atoms with Crippen molar-refractivity contribution in [1.82, 2.24) is 0 Å². The van der Waals surface area contributed by atoms with Gasteiger partial charge in [-0.1, -0.05) is 26.7 Å². The summed E-state index contributed by atoms with van der Waals surface area (Å²) in [6, 6.07) is 3.26. The first-order valence-electron chi connectivity index (χ1n) is 7.24. The van der Waals surface area contributed by atoms with Gasteiger partial charge in [-0.05, 0) is 31.9 Å². The van der Waals surface area contributed by atoms with Crippen LogP contribution in [0.5, 0.6) is 11.5 Å². The molecular weight excluding hydrogens is 256 g/mol. The van der Waals surface area contributed by atoms with Crippen molar-refractivity contribution in [3.63, 3.8) is 0 Å². The van der Waals surface area contributed by atoms with Gasteiger partial charge in [-0.2, -0.15) is 0 Å². The molecule has 0 aliphatic heterocycles. The lowest BCUT2D eigenvalue weighted by Gasteiger charge is -2.16. The minimum atomic E-state index is -0.942. The number of benzene rings is 1. The maximum atomic E-state index is 11.2. The SMILES string of the molecule is CCCCOc1ccc(C(=O)O)c(C)c1OCCCC. The van der Waals surface area contributed by atoms with Crippen molar-refractivity contribution in [3.05, 3.63) is 23.3 Å². The zero-order valence-corrected chi connectivity index (χ0v) is 12.6. The summed E-state index contributed by atoms with van der Waals surface area (Å²) in [6.45, 7) is 7.14. The molecule has 0 aliphatic rings. The van der Waals surface area contributed by atoms with E-state index in [0.29, 0.717) is 30.3 Å². The summed E-state index contributed by atoms with van der Waals surface area (Å²) in [5, 5.41) is 9.17. The van der Waals surface area contributed by atoms with Crippen molar-refractivity contribution in [2.75, 3.05) is 13.2 Å². The van der Waals surface area contributed by atoms with E-state index in [1.807, 2.05) is 0 Å². The van der Waals surface area contributed by atoms with E-state index in [4.69, 9.17) is 9.47 Å². The third kappa shape index (κ3) is 4.44. The van der Waals surface area contributed by atoms with Crippen LogP contribution < -0.4 is 9.47 Å². The number of aromatic carboxylic acids is 1. The molecule has 112 valence electrons. The Kier molecular flexibility index (Phi) is 6.91. The van der Waals surface area contributed by atoms with Crippen LogP contribution >= 0.6 is 0 Å². The Labute approximate surface area is 120 Å². The molecule has 0 aliphatic carbocycles. The predicted molar refractivity (Wildman–Crippen MR) is 78.9 cm³/mol. The second-order valence-electron chi connectivity index (χ2n) is 4.77. The van der Waals surface area contributed by atoms with E-state index < -0.39 is 5.97 Å². The van der Waals surface area contributed by atoms with Gasteiger partial charge in [0.15, 0.2) is 11.5 Å². The molecule has 1 aromatic carbocycles. The summed E-state index contributed by atoms with van der Waals surface area (Å²) in [4.78, 5) is 11.2. The number of carbonyl (C=O) groups is 1. The average Bonchev–Trinajstić information content (AvgIpc) is 2.41. The van der Waals surface area contributed by atoms with E-state index in [1.165, 1.54) is 0 Å². The van der Waals surface area contributed by atoms with E-state index in [1.54, 1.807) is 19.1 Å². The molecule has 0 radical (unpaired) electrons. The van der Waals surface area contributed by atoms with Crippen molar-refractivity contribution in [3.8, 4) is 11.5 Å². The topological polar surface area (TPSA) is 55.8 Å². The fraction of sp³-hybridized carbons (Fsp3) is 0.562. The van der Waals surface area contributed by atoms with E-state index in [2.05, 4.69) is 13.8 Å². The smallest absolute Gasteiger partial charge is 0.336 e. The molecule has 20 heavy (non-hydrogen) atoms. The molecule has 0 saturated heterocycles. The monoisotopic (exact) mass is 280 g/mol. The minimum absolute atomic E-state index is 0.263. The van der Waals surface area contributed by atoms with Gasteiger partial charge in [-0.25, -0.2) is 4.79 Å². The van der Waals surface area contributed by atoms with Crippen LogP contribution in [0.15, 0.2) is 12.1 Å². The highest BCUT2D eigenvalue weighted by Crippen LogP contribution is 2.33. The second-order valence-corrected chi connectivity index (χ2v) is 4.77. The summed E-state index contributed by atoms with van der Waals surface area (Å²) in [5.74, 6) is 0.259. The maximum Gasteiger partial charge on any atom is 0.336 e. The molecular formula is C16H24O4. The van der Waals surface area contributed by atoms with E-state index in [9.17, 15) is 9.90 Å². The minimum Gasteiger partial charge on any atom is -0.490 e. The Bertz CT molecular complexity index is 440. The molecule has 1 aromatic rings. The molecule has 0 spiro atoms. The van der Waals surface area contributed by atoms with Crippen molar-refractivity contribution in [2.24, 2.45) is 0 Å². The first kappa shape index (κ1) is 16.3. The highest BCUT2D eigenvalue weighted by atomic mass is 16.5. The summed E-state index contributed by atoms with van der Waals surface area (Å²) in [5.41, 5.74) is 0.891. The van der Waals surface area contributed by atoms with Crippen LogP contribution in [0.1, 0.15) is 55.5 Å². The van der Waals surface area contributed by atoms with Gasteiger partial charge in [-0.15, -0.1) is 0 Å². The third-order valence-electron chi connectivity index (χ3n) is 3.10. The van der Waals surface area contributed by atoms with Crippen LogP contribution in [-0.2, 0) is 0 Å². The van der Waals surface area contributed by atoms with Crippen LogP contribution in [-0.4, -0.2) is 24.3 Å². The van der Waals surface area contributed by atoms with Gasteiger partial charge in [0.25, 0.3) is 0 Å².